The maximum absolute atomic E-state index is 15.1. The van der Waals surface area contributed by atoms with Gasteiger partial charge >= 0.3 is 13.3 Å². The molecule has 5 aromatic rings. The van der Waals surface area contributed by atoms with Crippen LogP contribution >= 0.6 is 7.60 Å². The highest BCUT2D eigenvalue weighted by molar-refractivity contribution is 7.90. The van der Waals surface area contributed by atoms with E-state index in [0.29, 0.717) is 47.8 Å². The molecule has 4 aliphatic rings. The molecule has 8 amide bonds. The number of primary amides is 1. The number of aryl methyl sites for hydroxylation is 2. The fourth-order valence-corrected chi connectivity index (χ4v) is 12.9. The minimum Gasteiger partial charge on any atom is -0.370 e. The lowest BCUT2D eigenvalue weighted by Crippen LogP contribution is -2.62. The number of hydrogen-bond acceptors (Lipinski definition) is 13. The SMILES string of the molecule is Cn1c(=O)n(C2CCC(=O)NC2=O)c2ccc(CCC3CCC(C(=O)N4CC[C@H]5CC[C@@H](C(=O)N[C@@H](CCC(N)=O)C(=O)NCc6ccc(S(C)(=O)=O)cc6)N5C(=O)[C@@H](NC(=O)c5cc6cc(C(=O)P(=O)(O)O)ccc6[nH]5)C4)CC3)cc21. The molecular weight excluding hydrogens is 1100 g/mol. The lowest BCUT2D eigenvalue weighted by atomic mass is 9.79. The van der Waals surface area contributed by atoms with Crippen molar-refractivity contribution >= 4 is 92.2 Å². The molecule has 3 aromatic carbocycles. The normalized spacial score (nSPS) is 22.0. The lowest BCUT2D eigenvalue weighted by Gasteiger charge is -2.40. The molecule has 0 radical (unpaired) electrons. The van der Waals surface area contributed by atoms with E-state index >= 15 is 4.79 Å². The maximum Gasteiger partial charge on any atom is 0.396 e. The number of sulfone groups is 1. The topological polar surface area (TPSA) is 369 Å². The third kappa shape index (κ3) is 12.9. The number of aromatic nitrogens is 3. The standard InChI is InChI=1S/C55H65N10O15PS/c1-62-45-25-31(9-18-42(45)65(55(62)75)44-20-22-47(67)61-51(44)71)4-3-30-5-10-33(11-6-30)52(72)63-24-23-36-13-19-43(50(70)59-39(17-21-46(56)66)48(68)57-28-32-7-14-37(15-8-32)82(2,79)80)64(36)53(73)41(29-63)60-49(69)40-27-35-26-34(12-16-38(35)58-40)54(74)81(76,77)78/h7-9,12,14-16,18,25-27,30,33,36,39,41,43-44,58H,3-6,10-11,13,17,19-24,28-29H2,1-2H3,(H2,56,66)(H,57,68)(H,59,70)(H,60,69)(H,61,67,71)(H2,76,77,78)/t30?,33?,36-,39+,41+,43+,44?/m1/s1. The number of piperidine rings is 1. The molecule has 3 saturated heterocycles. The van der Waals surface area contributed by atoms with Crippen LogP contribution in [0.4, 0.5) is 0 Å². The summed E-state index contributed by atoms with van der Waals surface area (Å²) in [5, 5.41) is 10.8. The summed E-state index contributed by atoms with van der Waals surface area (Å²) >= 11 is 0. The summed E-state index contributed by atoms with van der Waals surface area (Å²) < 4.78 is 38.6. The predicted octanol–water partition coefficient (Wildman–Crippen LogP) is 1.72. The molecule has 1 unspecified atom stereocenters. The van der Waals surface area contributed by atoms with Crippen LogP contribution in [0.15, 0.2) is 76.4 Å². The smallest absolute Gasteiger partial charge is 0.370 e. The number of hydrogen-bond donors (Lipinski definition) is 8. The highest BCUT2D eigenvalue weighted by atomic mass is 32.2. The fourth-order valence-electron chi connectivity index (χ4n) is 11.8. The van der Waals surface area contributed by atoms with Gasteiger partial charge in [0, 0.05) is 74.2 Å². The Morgan fingerprint density at radius 1 is 0.854 bits per heavy atom. The first-order valence-corrected chi connectivity index (χ1v) is 30.7. The third-order valence-corrected chi connectivity index (χ3v) is 18.2. The van der Waals surface area contributed by atoms with Crippen LogP contribution in [0.5, 0.6) is 0 Å². The van der Waals surface area contributed by atoms with Gasteiger partial charge in [-0.2, -0.15) is 0 Å². The Morgan fingerprint density at radius 2 is 1.57 bits per heavy atom. The number of imide groups is 1. The largest absolute Gasteiger partial charge is 0.396 e. The zero-order chi connectivity index (χ0) is 58.9. The highest BCUT2D eigenvalue weighted by Gasteiger charge is 2.47. The first-order valence-electron chi connectivity index (χ1n) is 27.2. The summed E-state index contributed by atoms with van der Waals surface area (Å²) in [5.41, 5.74) is 6.43. The average Bonchev–Trinajstić information content (AvgIpc) is 4.36. The van der Waals surface area contributed by atoms with Crippen molar-refractivity contribution in [1.29, 1.82) is 0 Å². The van der Waals surface area contributed by atoms with Crippen LogP contribution in [0.25, 0.3) is 21.9 Å². The Labute approximate surface area is 470 Å². The van der Waals surface area contributed by atoms with Gasteiger partial charge < -0.3 is 46.3 Å². The molecule has 5 heterocycles. The van der Waals surface area contributed by atoms with Crippen molar-refractivity contribution in [3.8, 4) is 0 Å². The van der Waals surface area contributed by atoms with E-state index in [4.69, 9.17) is 5.73 Å². The van der Waals surface area contributed by atoms with Crippen LogP contribution < -0.4 is 32.7 Å². The van der Waals surface area contributed by atoms with Crippen LogP contribution in [-0.2, 0) is 68.0 Å². The Morgan fingerprint density at radius 3 is 2.26 bits per heavy atom. The number of amides is 8. The van der Waals surface area contributed by atoms with Crippen LogP contribution in [0.1, 0.15) is 115 Å². The second-order valence-electron chi connectivity index (χ2n) is 21.9. The van der Waals surface area contributed by atoms with Gasteiger partial charge in [-0.25, -0.2) is 13.2 Å². The maximum atomic E-state index is 15.1. The van der Waals surface area contributed by atoms with Gasteiger partial charge in [0.15, 0.2) is 9.84 Å². The molecule has 82 heavy (non-hydrogen) atoms. The zero-order valence-electron chi connectivity index (χ0n) is 45.1. The van der Waals surface area contributed by atoms with Crippen molar-refractivity contribution in [2.24, 2.45) is 24.6 Å². The van der Waals surface area contributed by atoms with E-state index in [-0.39, 0.29) is 103 Å². The molecule has 25 nitrogen and oxygen atoms in total. The van der Waals surface area contributed by atoms with Crippen LogP contribution in [-0.4, -0.2) is 138 Å². The number of nitrogens with zero attached hydrogens (tertiary/aromatic N) is 4. The highest BCUT2D eigenvalue weighted by Crippen LogP contribution is 2.40. The van der Waals surface area contributed by atoms with Gasteiger partial charge in [0.05, 0.1) is 15.9 Å². The molecule has 4 fully saturated rings. The van der Waals surface area contributed by atoms with Gasteiger partial charge in [-0.05, 0) is 136 Å². The monoisotopic (exact) mass is 1170 g/mol. The molecule has 0 spiro atoms. The van der Waals surface area contributed by atoms with Gasteiger partial charge in [0.25, 0.3) is 11.4 Å². The molecule has 1 saturated carbocycles. The Balaban J connectivity index is 0.891. The van der Waals surface area contributed by atoms with E-state index in [1.807, 2.05) is 18.2 Å². The molecule has 2 aromatic heterocycles. The van der Waals surface area contributed by atoms with Gasteiger partial charge in [-0.3, -0.25) is 62.2 Å². The van der Waals surface area contributed by atoms with Crippen molar-refractivity contribution in [3.05, 3.63) is 99.6 Å². The number of nitrogens with two attached hydrogens (primary N) is 1. The summed E-state index contributed by atoms with van der Waals surface area (Å²) in [6.45, 7) is -0.159. The Kier molecular flexibility index (Phi) is 17.2. The molecule has 9 N–H and O–H groups in total. The molecule has 27 heteroatoms. The van der Waals surface area contributed by atoms with Crippen molar-refractivity contribution < 1.29 is 65.9 Å². The van der Waals surface area contributed by atoms with Crippen LogP contribution in [0.3, 0.4) is 0 Å². The molecular formula is C55H65N10O15PS. The van der Waals surface area contributed by atoms with E-state index in [1.54, 1.807) is 11.9 Å². The zero-order valence-corrected chi connectivity index (χ0v) is 46.8. The minimum absolute atomic E-state index is 0.0566. The molecule has 5 atom stereocenters. The second kappa shape index (κ2) is 24.0. The summed E-state index contributed by atoms with van der Waals surface area (Å²) in [6, 6.07) is 11.4. The molecule has 1 aliphatic carbocycles. The Bertz CT molecular complexity index is 3640. The van der Waals surface area contributed by atoms with Crippen molar-refractivity contribution in [1.82, 2.24) is 45.2 Å². The molecule has 436 valence electrons. The number of imidazole rings is 1. The first kappa shape index (κ1) is 58.8. The van der Waals surface area contributed by atoms with Gasteiger partial charge in [0.2, 0.25) is 41.4 Å². The van der Waals surface area contributed by atoms with Crippen LogP contribution in [0, 0.1) is 11.8 Å². The number of fused-ring (bicyclic) bond motifs is 3. The minimum atomic E-state index is -5.14. The summed E-state index contributed by atoms with van der Waals surface area (Å²) in [7, 11) is -6.97. The number of carbonyl (C=O) groups excluding carboxylic acids is 9. The number of aromatic amines is 1. The van der Waals surface area contributed by atoms with Gasteiger partial charge in [-0.15, -0.1) is 0 Å². The van der Waals surface area contributed by atoms with Gasteiger partial charge in [0.1, 0.15) is 29.9 Å². The van der Waals surface area contributed by atoms with Gasteiger partial charge in [-0.1, -0.05) is 18.2 Å². The third-order valence-electron chi connectivity index (χ3n) is 16.3. The van der Waals surface area contributed by atoms with E-state index in [0.717, 1.165) is 31.1 Å². The molecule has 3 aliphatic heterocycles. The first-order chi connectivity index (χ1) is 38.8. The van der Waals surface area contributed by atoms with Crippen LogP contribution in [0.2, 0.25) is 0 Å². The summed E-state index contributed by atoms with van der Waals surface area (Å²) in [6.07, 6.45) is 5.81. The predicted molar refractivity (Wildman–Crippen MR) is 295 cm³/mol. The number of benzene rings is 3. The summed E-state index contributed by atoms with van der Waals surface area (Å²) in [5.74, 6) is -4.79. The second-order valence-corrected chi connectivity index (χ2v) is 25.4. The fraction of sp³-hybridized carbons (Fsp3) is 0.455. The lowest BCUT2D eigenvalue weighted by molar-refractivity contribution is -0.147. The van der Waals surface area contributed by atoms with E-state index in [9.17, 15) is 65.9 Å². The number of H-pyrrole nitrogens is 1. The van der Waals surface area contributed by atoms with Crippen molar-refractivity contribution in [2.75, 3.05) is 19.3 Å². The number of nitrogens with one attached hydrogen (secondary N) is 5. The molecule has 0 bridgehead atoms. The summed E-state index contributed by atoms with van der Waals surface area (Å²) in [4.78, 5) is 159. The number of carbonyl (C=O) groups is 9. The quantitative estimate of drug-likeness (QED) is 0.0457. The Hall–Kier alpha value is -7.80. The van der Waals surface area contributed by atoms with E-state index < -0.39 is 94.5 Å². The number of rotatable bonds is 18. The van der Waals surface area contributed by atoms with E-state index in [2.05, 4.69) is 26.3 Å². The van der Waals surface area contributed by atoms with E-state index in [1.165, 1.54) is 62.6 Å². The molecule has 9 rings (SSSR count). The average molecular weight is 1170 g/mol. The van der Waals surface area contributed by atoms with Crippen molar-refractivity contribution in [3.63, 3.8) is 0 Å². The van der Waals surface area contributed by atoms with Crippen molar-refractivity contribution in [2.45, 2.75) is 125 Å².